The smallest absolute Gasteiger partial charge is 0.339 e. The number of halogens is 1. The summed E-state index contributed by atoms with van der Waals surface area (Å²) in [6, 6.07) is 13.9. The van der Waals surface area contributed by atoms with Crippen molar-refractivity contribution in [2.24, 2.45) is 0 Å². The van der Waals surface area contributed by atoms with Crippen LogP contribution in [-0.2, 0) is 20.9 Å². The number of ether oxygens (including phenoxy) is 2. The Kier molecular flexibility index (Phi) is 8.45. The van der Waals surface area contributed by atoms with Crippen molar-refractivity contribution in [3.63, 3.8) is 0 Å². The summed E-state index contributed by atoms with van der Waals surface area (Å²) in [6.07, 6.45) is 0. The minimum atomic E-state index is -0.547. The molecule has 1 N–H and O–H groups in total. The molecule has 0 aliphatic carbocycles. The normalized spacial score (nSPS) is 10.6. The van der Waals surface area contributed by atoms with Crippen LogP contribution in [0.3, 0.4) is 0 Å². The molecule has 1 aromatic heterocycles. The van der Waals surface area contributed by atoms with Gasteiger partial charge in [-0.1, -0.05) is 23.7 Å². The number of methoxy groups -OCH3 is 1. The molecular formula is C21H20ClN3O5S. The zero-order valence-electron chi connectivity index (χ0n) is 16.7. The number of aromatic nitrogens is 2. The van der Waals surface area contributed by atoms with Gasteiger partial charge in [-0.3, -0.25) is 4.79 Å². The van der Waals surface area contributed by atoms with E-state index in [1.807, 2.05) is 0 Å². The van der Waals surface area contributed by atoms with Crippen LogP contribution in [0.2, 0.25) is 5.02 Å². The van der Waals surface area contributed by atoms with Gasteiger partial charge >= 0.3 is 5.97 Å². The van der Waals surface area contributed by atoms with Gasteiger partial charge in [0.05, 0.1) is 17.9 Å². The van der Waals surface area contributed by atoms with Gasteiger partial charge in [-0.2, -0.15) is 0 Å². The monoisotopic (exact) mass is 461 g/mol. The lowest BCUT2D eigenvalue weighted by atomic mass is 10.2. The molecular weight excluding hydrogens is 442 g/mol. The summed E-state index contributed by atoms with van der Waals surface area (Å²) in [5.74, 6) is -0.0543. The van der Waals surface area contributed by atoms with Gasteiger partial charge in [-0.25, -0.2) is 4.79 Å². The SMILES string of the molecule is COCCNC(=O)CSc1ccccc1C(=O)OCc1nnc(-c2ccc(Cl)cc2)o1. The molecule has 3 rings (SSSR count). The molecule has 0 aliphatic heterocycles. The summed E-state index contributed by atoms with van der Waals surface area (Å²) >= 11 is 7.12. The van der Waals surface area contributed by atoms with E-state index in [1.165, 1.54) is 11.8 Å². The number of hydrogen-bond acceptors (Lipinski definition) is 8. The molecule has 31 heavy (non-hydrogen) atoms. The van der Waals surface area contributed by atoms with E-state index in [4.69, 9.17) is 25.5 Å². The fraction of sp³-hybridized carbons (Fsp3) is 0.238. The van der Waals surface area contributed by atoms with Gasteiger partial charge in [-0.05, 0) is 36.4 Å². The lowest BCUT2D eigenvalue weighted by molar-refractivity contribution is -0.118. The number of hydrogen-bond donors (Lipinski definition) is 1. The van der Waals surface area contributed by atoms with Crippen molar-refractivity contribution in [2.75, 3.05) is 26.0 Å². The lowest BCUT2D eigenvalue weighted by Gasteiger charge is -2.09. The fourth-order valence-electron chi connectivity index (χ4n) is 2.47. The Hall–Kier alpha value is -2.88. The summed E-state index contributed by atoms with van der Waals surface area (Å²) in [4.78, 5) is 25.1. The van der Waals surface area contributed by atoms with Crippen molar-refractivity contribution in [2.45, 2.75) is 11.5 Å². The van der Waals surface area contributed by atoms with Crippen LogP contribution in [0.25, 0.3) is 11.5 Å². The molecule has 1 amide bonds. The second kappa shape index (κ2) is 11.5. The Bertz CT molecular complexity index is 1030. The van der Waals surface area contributed by atoms with Crippen LogP contribution in [0, 0.1) is 0 Å². The Morgan fingerprint density at radius 1 is 1.13 bits per heavy atom. The summed E-state index contributed by atoms with van der Waals surface area (Å²) in [6.45, 7) is 0.701. The summed E-state index contributed by atoms with van der Waals surface area (Å²) < 4.78 is 15.8. The Morgan fingerprint density at radius 2 is 1.90 bits per heavy atom. The molecule has 0 saturated carbocycles. The van der Waals surface area contributed by atoms with Gasteiger partial charge in [0.2, 0.25) is 11.8 Å². The minimum Gasteiger partial charge on any atom is -0.452 e. The predicted molar refractivity (Wildman–Crippen MR) is 116 cm³/mol. The first kappa shape index (κ1) is 22.8. The number of amides is 1. The largest absolute Gasteiger partial charge is 0.452 e. The predicted octanol–water partition coefficient (Wildman–Crippen LogP) is 3.60. The molecule has 0 atom stereocenters. The molecule has 0 aliphatic rings. The average molecular weight is 462 g/mol. The van der Waals surface area contributed by atoms with Crippen molar-refractivity contribution in [1.82, 2.24) is 15.5 Å². The molecule has 0 saturated heterocycles. The zero-order chi connectivity index (χ0) is 22.1. The van der Waals surface area contributed by atoms with Crippen LogP contribution in [0.4, 0.5) is 0 Å². The Morgan fingerprint density at radius 3 is 2.68 bits per heavy atom. The Labute approximate surface area is 188 Å². The summed E-state index contributed by atoms with van der Waals surface area (Å²) in [5.41, 5.74) is 1.06. The number of nitrogens with zero attached hydrogens (tertiary/aromatic N) is 2. The molecule has 2 aromatic carbocycles. The second-order valence-corrected chi connectivity index (χ2v) is 7.67. The van der Waals surface area contributed by atoms with Crippen molar-refractivity contribution in [1.29, 1.82) is 0 Å². The maximum atomic E-state index is 12.6. The van der Waals surface area contributed by atoms with E-state index < -0.39 is 5.97 Å². The maximum Gasteiger partial charge on any atom is 0.339 e. The second-order valence-electron chi connectivity index (χ2n) is 6.21. The quantitative estimate of drug-likeness (QED) is 0.277. The van der Waals surface area contributed by atoms with Crippen LogP contribution in [0.15, 0.2) is 57.8 Å². The van der Waals surface area contributed by atoms with Crippen molar-refractivity contribution < 1.29 is 23.5 Å². The van der Waals surface area contributed by atoms with E-state index in [0.717, 1.165) is 0 Å². The molecule has 1 heterocycles. The number of nitrogens with one attached hydrogen (secondary N) is 1. The summed E-state index contributed by atoms with van der Waals surface area (Å²) in [7, 11) is 1.57. The molecule has 10 heteroatoms. The topological polar surface area (TPSA) is 104 Å². The van der Waals surface area contributed by atoms with Gasteiger partial charge in [0, 0.05) is 29.1 Å². The van der Waals surface area contributed by atoms with E-state index in [0.29, 0.717) is 40.1 Å². The van der Waals surface area contributed by atoms with Crippen molar-refractivity contribution in [3.8, 4) is 11.5 Å². The first-order valence-corrected chi connectivity index (χ1v) is 10.7. The van der Waals surface area contributed by atoms with E-state index in [-0.39, 0.29) is 24.2 Å². The van der Waals surface area contributed by atoms with Gasteiger partial charge in [-0.15, -0.1) is 22.0 Å². The molecule has 162 valence electrons. The summed E-state index contributed by atoms with van der Waals surface area (Å²) in [5, 5.41) is 11.2. The number of carbonyl (C=O) groups is 2. The highest BCUT2D eigenvalue weighted by Crippen LogP contribution is 2.24. The van der Waals surface area contributed by atoms with Crippen molar-refractivity contribution >= 4 is 35.2 Å². The van der Waals surface area contributed by atoms with Crippen LogP contribution in [0.1, 0.15) is 16.2 Å². The third kappa shape index (κ3) is 6.81. The number of thioether (sulfide) groups is 1. The average Bonchev–Trinajstić information content (AvgIpc) is 3.26. The molecule has 0 spiro atoms. The van der Waals surface area contributed by atoms with Crippen LogP contribution >= 0.6 is 23.4 Å². The molecule has 0 bridgehead atoms. The zero-order valence-corrected chi connectivity index (χ0v) is 18.2. The van der Waals surface area contributed by atoms with Crippen LogP contribution < -0.4 is 5.32 Å². The van der Waals surface area contributed by atoms with E-state index in [1.54, 1.807) is 55.6 Å². The Balaban J connectivity index is 1.56. The molecule has 0 radical (unpaired) electrons. The third-order valence-electron chi connectivity index (χ3n) is 3.98. The third-order valence-corrected chi connectivity index (χ3v) is 5.30. The van der Waals surface area contributed by atoms with Gasteiger partial charge in [0.15, 0.2) is 6.61 Å². The van der Waals surface area contributed by atoms with Crippen LogP contribution in [0.5, 0.6) is 0 Å². The number of carbonyl (C=O) groups excluding carboxylic acids is 2. The highest BCUT2D eigenvalue weighted by atomic mass is 35.5. The highest BCUT2D eigenvalue weighted by molar-refractivity contribution is 8.00. The minimum absolute atomic E-state index is 0.147. The van der Waals surface area contributed by atoms with E-state index in [9.17, 15) is 9.59 Å². The molecule has 8 nitrogen and oxygen atoms in total. The molecule has 0 unspecified atom stereocenters. The van der Waals surface area contributed by atoms with Gasteiger partial charge < -0.3 is 19.2 Å². The molecule has 3 aromatic rings. The lowest BCUT2D eigenvalue weighted by Crippen LogP contribution is -2.28. The standard InChI is InChI=1S/C21H20ClN3O5S/c1-28-11-10-23-18(26)13-31-17-5-3-2-4-16(17)21(27)29-12-19-24-25-20(30-19)14-6-8-15(22)9-7-14/h2-9H,10-13H2,1H3,(H,23,26). The first-order chi connectivity index (χ1) is 15.1. The van der Waals surface area contributed by atoms with Crippen molar-refractivity contribution in [3.05, 3.63) is 65.0 Å². The van der Waals surface area contributed by atoms with Gasteiger partial charge in [0.1, 0.15) is 0 Å². The molecule has 0 fully saturated rings. The first-order valence-electron chi connectivity index (χ1n) is 9.29. The number of esters is 1. The fourth-order valence-corrected chi connectivity index (χ4v) is 3.47. The van der Waals surface area contributed by atoms with E-state index >= 15 is 0 Å². The van der Waals surface area contributed by atoms with Crippen LogP contribution in [-0.4, -0.2) is 48.1 Å². The maximum absolute atomic E-state index is 12.6. The highest BCUT2D eigenvalue weighted by Gasteiger charge is 2.16. The number of rotatable bonds is 10. The number of benzene rings is 2. The van der Waals surface area contributed by atoms with Gasteiger partial charge in [0.25, 0.3) is 5.89 Å². The van der Waals surface area contributed by atoms with E-state index in [2.05, 4.69) is 15.5 Å².